The summed E-state index contributed by atoms with van der Waals surface area (Å²) in [7, 11) is 0. The number of rotatable bonds is 3. The summed E-state index contributed by atoms with van der Waals surface area (Å²) in [4.78, 5) is 16.9. The average molecular weight is 274 g/mol. The van der Waals surface area contributed by atoms with Gasteiger partial charge in [0, 0.05) is 12.1 Å². The molecule has 4 N–H and O–H groups in total. The first-order valence-corrected chi connectivity index (χ1v) is 7.32. The zero-order valence-electron chi connectivity index (χ0n) is 12.0. The molecule has 0 radical (unpaired) electrons. The van der Waals surface area contributed by atoms with Gasteiger partial charge in [-0.05, 0) is 50.0 Å². The minimum absolute atomic E-state index is 0.148. The third-order valence-electron chi connectivity index (χ3n) is 4.29. The summed E-state index contributed by atoms with van der Waals surface area (Å²) in [5, 5.41) is 7.13. The standard InChI is InChI=1S/C15H22N4O/c1-9-8-16-6-5-12(9)17-10(2)11-3-4-13-14(7-11)19-15(20)18-13/h3-4,7,9-10,12,16-17H,5-6,8H2,1-2H3,(H2,18,19,20). The fourth-order valence-corrected chi connectivity index (χ4v) is 3.00. The molecule has 1 saturated heterocycles. The summed E-state index contributed by atoms with van der Waals surface area (Å²) in [6.07, 6.45) is 1.16. The zero-order valence-corrected chi connectivity index (χ0v) is 12.0. The lowest BCUT2D eigenvalue weighted by atomic mass is 9.93. The molecule has 2 heterocycles. The quantitative estimate of drug-likeness (QED) is 0.685. The van der Waals surface area contributed by atoms with Gasteiger partial charge in [0.2, 0.25) is 0 Å². The summed E-state index contributed by atoms with van der Waals surface area (Å²) in [5.41, 5.74) is 2.80. The number of fused-ring (bicyclic) bond motifs is 1. The lowest BCUT2D eigenvalue weighted by Gasteiger charge is -2.33. The monoisotopic (exact) mass is 274 g/mol. The molecule has 1 aliphatic heterocycles. The molecule has 1 aromatic carbocycles. The fourth-order valence-electron chi connectivity index (χ4n) is 3.00. The average Bonchev–Trinajstić information content (AvgIpc) is 2.80. The Hall–Kier alpha value is -1.59. The summed E-state index contributed by atoms with van der Waals surface area (Å²) >= 11 is 0. The summed E-state index contributed by atoms with van der Waals surface area (Å²) in [6, 6.07) is 6.93. The molecule has 3 rings (SSSR count). The number of benzene rings is 1. The maximum absolute atomic E-state index is 11.3. The van der Waals surface area contributed by atoms with Crippen molar-refractivity contribution >= 4 is 11.0 Å². The van der Waals surface area contributed by atoms with E-state index in [2.05, 4.69) is 46.6 Å². The molecule has 20 heavy (non-hydrogen) atoms. The molecule has 1 fully saturated rings. The molecule has 0 saturated carbocycles. The predicted octanol–water partition coefficient (Wildman–Crippen LogP) is 1.50. The highest BCUT2D eigenvalue weighted by Crippen LogP contribution is 2.20. The van der Waals surface area contributed by atoms with Gasteiger partial charge >= 0.3 is 5.69 Å². The van der Waals surface area contributed by atoms with Crippen molar-refractivity contribution in [2.24, 2.45) is 5.92 Å². The second-order valence-corrected chi connectivity index (χ2v) is 5.85. The number of aromatic amines is 2. The Morgan fingerprint density at radius 1 is 1.30 bits per heavy atom. The first-order valence-electron chi connectivity index (χ1n) is 7.32. The first-order chi connectivity index (χ1) is 9.63. The van der Waals surface area contributed by atoms with Crippen molar-refractivity contribution in [1.29, 1.82) is 0 Å². The van der Waals surface area contributed by atoms with Crippen LogP contribution in [0.2, 0.25) is 0 Å². The van der Waals surface area contributed by atoms with Crippen molar-refractivity contribution in [1.82, 2.24) is 20.6 Å². The molecule has 2 aromatic rings. The van der Waals surface area contributed by atoms with Crippen LogP contribution < -0.4 is 16.3 Å². The Morgan fingerprint density at radius 3 is 2.90 bits per heavy atom. The second-order valence-electron chi connectivity index (χ2n) is 5.85. The highest BCUT2D eigenvalue weighted by molar-refractivity contribution is 5.75. The van der Waals surface area contributed by atoms with Gasteiger partial charge in [0.15, 0.2) is 0 Å². The number of nitrogens with one attached hydrogen (secondary N) is 4. The van der Waals surface area contributed by atoms with Gasteiger partial charge in [-0.15, -0.1) is 0 Å². The van der Waals surface area contributed by atoms with E-state index in [1.807, 2.05) is 6.07 Å². The first kappa shape index (κ1) is 13.4. The van der Waals surface area contributed by atoms with Gasteiger partial charge < -0.3 is 20.6 Å². The van der Waals surface area contributed by atoms with E-state index in [0.717, 1.165) is 30.5 Å². The van der Waals surface area contributed by atoms with E-state index in [0.29, 0.717) is 12.0 Å². The third-order valence-corrected chi connectivity index (χ3v) is 4.29. The number of imidazole rings is 1. The van der Waals surface area contributed by atoms with Crippen LogP contribution in [0.15, 0.2) is 23.0 Å². The van der Waals surface area contributed by atoms with Crippen LogP contribution in [0.1, 0.15) is 31.9 Å². The molecule has 0 aliphatic carbocycles. The highest BCUT2D eigenvalue weighted by Gasteiger charge is 2.22. The van der Waals surface area contributed by atoms with Crippen LogP contribution in [-0.2, 0) is 0 Å². The van der Waals surface area contributed by atoms with Gasteiger partial charge in [0.25, 0.3) is 0 Å². The van der Waals surface area contributed by atoms with Crippen molar-refractivity contribution < 1.29 is 0 Å². The minimum atomic E-state index is -0.148. The van der Waals surface area contributed by atoms with Gasteiger partial charge in [-0.1, -0.05) is 13.0 Å². The van der Waals surface area contributed by atoms with Gasteiger partial charge in [0.05, 0.1) is 11.0 Å². The predicted molar refractivity (Wildman–Crippen MR) is 80.9 cm³/mol. The van der Waals surface area contributed by atoms with Crippen molar-refractivity contribution in [3.8, 4) is 0 Å². The Bertz CT molecular complexity index is 645. The number of H-pyrrole nitrogens is 2. The summed E-state index contributed by atoms with van der Waals surface area (Å²) < 4.78 is 0. The molecular formula is C15H22N4O. The Morgan fingerprint density at radius 2 is 2.10 bits per heavy atom. The van der Waals surface area contributed by atoms with Gasteiger partial charge in [-0.2, -0.15) is 0 Å². The highest BCUT2D eigenvalue weighted by atomic mass is 16.1. The van der Waals surface area contributed by atoms with E-state index in [4.69, 9.17) is 0 Å². The van der Waals surface area contributed by atoms with Crippen LogP contribution in [0, 0.1) is 5.92 Å². The number of hydrogen-bond donors (Lipinski definition) is 4. The van der Waals surface area contributed by atoms with Crippen LogP contribution in [-0.4, -0.2) is 29.1 Å². The molecule has 3 atom stereocenters. The largest absolute Gasteiger partial charge is 0.323 e. The van der Waals surface area contributed by atoms with E-state index < -0.39 is 0 Å². The Labute approximate surface area is 118 Å². The van der Waals surface area contributed by atoms with Crippen LogP contribution in [0.3, 0.4) is 0 Å². The molecule has 5 nitrogen and oxygen atoms in total. The molecule has 0 bridgehead atoms. The van der Waals surface area contributed by atoms with Gasteiger partial charge in [0.1, 0.15) is 0 Å². The van der Waals surface area contributed by atoms with Crippen LogP contribution in [0.25, 0.3) is 11.0 Å². The maximum atomic E-state index is 11.3. The van der Waals surface area contributed by atoms with Gasteiger partial charge in [-0.3, -0.25) is 0 Å². The number of piperidine rings is 1. The second kappa shape index (κ2) is 5.42. The SMILES string of the molecule is CC(NC1CCNCC1C)c1ccc2[nH]c(=O)[nH]c2c1. The van der Waals surface area contributed by atoms with E-state index >= 15 is 0 Å². The van der Waals surface area contributed by atoms with Crippen molar-refractivity contribution in [3.63, 3.8) is 0 Å². The normalized spacial score (nSPS) is 24.9. The molecule has 5 heteroatoms. The molecule has 0 amide bonds. The molecule has 1 aliphatic rings. The van der Waals surface area contributed by atoms with Crippen LogP contribution in [0.5, 0.6) is 0 Å². The molecule has 0 spiro atoms. The molecular weight excluding hydrogens is 252 g/mol. The molecule has 3 unspecified atom stereocenters. The van der Waals surface area contributed by atoms with E-state index in [1.165, 1.54) is 5.56 Å². The molecule has 108 valence electrons. The maximum Gasteiger partial charge on any atom is 0.323 e. The number of aromatic nitrogens is 2. The van der Waals surface area contributed by atoms with Gasteiger partial charge in [-0.25, -0.2) is 4.79 Å². The summed E-state index contributed by atoms with van der Waals surface area (Å²) in [5.74, 6) is 0.641. The summed E-state index contributed by atoms with van der Waals surface area (Å²) in [6.45, 7) is 6.62. The van der Waals surface area contributed by atoms with Crippen molar-refractivity contribution in [2.45, 2.75) is 32.4 Å². The Kier molecular flexibility index (Phi) is 3.63. The lowest BCUT2D eigenvalue weighted by Crippen LogP contribution is -2.47. The van der Waals surface area contributed by atoms with Crippen LogP contribution >= 0.6 is 0 Å². The number of hydrogen-bond acceptors (Lipinski definition) is 3. The van der Waals surface area contributed by atoms with Crippen molar-refractivity contribution in [2.75, 3.05) is 13.1 Å². The lowest BCUT2D eigenvalue weighted by molar-refractivity contribution is 0.278. The third kappa shape index (κ3) is 2.64. The smallest absolute Gasteiger partial charge is 0.316 e. The minimum Gasteiger partial charge on any atom is -0.316 e. The van der Waals surface area contributed by atoms with Crippen molar-refractivity contribution in [3.05, 3.63) is 34.2 Å². The Balaban J connectivity index is 1.77. The van der Waals surface area contributed by atoms with Crippen LogP contribution in [0.4, 0.5) is 0 Å². The van der Waals surface area contributed by atoms with E-state index in [9.17, 15) is 4.79 Å². The topological polar surface area (TPSA) is 72.7 Å². The molecule has 1 aromatic heterocycles. The fraction of sp³-hybridized carbons (Fsp3) is 0.533. The zero-order chi connectivity index (χ0) is 14.1. The van der Waals surface area contributed by atoms with E-state index in [-0.39, 0.29) is 11.7 Å². The van der Waals surface area contributed by atoms with E-state index in [1.54, 1.807) is 0 Å².